The van der Waals surface area contributed by atoms with Crippen LogP contribution in [0.5, 0.6) is 5.75 Å². The number of carbonyl (C=O) groups excluding carboxylic acids is 4. The standard InChI is InChI=1S/C22H28N4O5/c1-2-10-24-20(29)9-11-25-22(31)17(7-8-19(23)28)26-21(30)16-12-14-5-3-4-6-15(14)13-18(16)27/h3-6,12-13,17,27H,2,7-11H2,1H3,(H2,23,28)(H,24,29)(H,25,31)(H,26,30). The largest absolute Gasteiger partial charge is 0.507 e. The van der Waals surface area contributed by atoms with Crippen LogP contribution in [0.15, 0.2) is 36.4 Å². The van der Waals surface area contributed by atoms with Gasteiger partial charge in [-0.1, -0.05) is 31.2 Å². The van der Waals surface area contributed by atoms with Crippen molar-refractivity contribution in [1.82, 2.24) is 16.0 Å². The van der Waals surface area contributed by atoms with Gasteiger partial charge in [-0.25, -0.2) is 0 Å². The summed E-state index contributed by atoms with van der Waals surface area (Å²) in [6.45, 7) is 2.57. The van der Waals surface area contributed by atoms with Crippen molar-refractivity contribution in [3.8, 4) is 5.75 Å². The number of fused-ring (bicyclic) bond motifs is 1. The van der Waals surface area contributed by atoms with E-state index in [0.717, 1.165) is 17.2 Å². The van der Waals surface area contributed by atoms with E-state index in [1.807, 2.05) is 13.0 Å². The minimum absolute atomic E-state index is 0.00881. The Morgan fingerprint density at radius 3 is 2.32 bits per heavy atom. The summed E-state index contributed by atoms with van der Waals surface area (Å²) >= 11 is 0. The van der Waals surface area contributed by atoms with E-state index in [1.54, 1.807) is 18.2 Å². The maximum absolute atomic E-state index is 12.7. The summed E-state index contributed by atoms with van der Waals surface area (Å²) in [5.74, 6) is -2.23. The zero-order chi connectivity index (χ0) is 22.8. The Kier molecular flexibility index (Phi) is 8.80. The molecule has 2 rings (SSSR count). The molecule has 0 spiro atoms. The molecule has 0 radical (unpaired) electrons. The normalized spacial score (nSPS) is 11.5. The molecule has 0 aliphatic heterocycles. The van der Waals surface area contributed by atoms with Gasteiger partial charge in [0.2, 0.25) is 17.7 Å². The van der Waals surface area contributed by atoms with Gasteiger partial charge >= 0.3 is 0 Å². The zero-order valence-corrected chi connectivity index (χ0v) is 17.4. The summed E-state index contributed by atoms with van der Waals surface area (Å²) in [5, 5.41) is 19.6. The van der Waals surface area contributed by atoms with Crippen LogP contribution in [0.1, 0.15) is 43.0 Å². The second kappa shape index (κ2) is 11.5. The van der Waals surface area contributed by atoms with Gasteiger partial charge in [0, 0.05) is 25.9 Å². The number of benzene rings is 2. The molecule has 0 aliphatic carbocycles. The minimum Gasteiger partial charge on any atom is -0.507 e. The van der Waals surface area contributed by atoms with Gasteiger partial charge in [-0.15, -0.1) is 0 Å². The molecule has 0 heterocycles. The highest BCUT2D eigenvalue weighted by Gasteiger charge is 2.23. The van der Waals surface area contributed by atoms with E-state index in [2.05, 4.69) is 16.0 Å². The molecule has 166 valence electrons. The van der Waals surface area contributed by atoms with Crippen LogP contribution in [0.25, 0.3) is 10.8 Å². The second-order valence-electron chi connectivity index (χ2n) is 7.14. The Bertz CT molecular complexity index is 960. The lowest BCUT2D eigenvalue weighted by Crippen LogP contribution is -2.47. The highest BCUT2D eigenvalue weighted by atomic mass is 16.3. The minimum atomic E-state index is -1.05. The van der Waals surface area contributed by atoms with Crippen molar-refractivity contribution in [2.24, 2.45) is 5.73 Å². The molecular formula is C22H28N4O5. The van der Waals surface area contributed by atoms with E-state index in [4.69, 9.17) is 5.73 Å². The Morgan fingerprint density at radius 1 is 1.00 bits per heavy atom. The van der Waals surface area contributed by atoms with Crippen LogP contribution in [-0.4, -0.2) is 47.9 Å². The van der Waals surface area contributed by atoms with Crippen molar-refractivity contribution >= 4 is 34.4 Å². The molecule has 6 N–H and O–H groups in total. The first-order chi connectivity index (χ1) is 14.8. The van der Waals surface area contributed by atoms with E-state index in [0.29, 0.717) is 6.54 Å². The van der Waals surface area contributed by atoms with Gasteiger partial charge < -0.3 is 26.8 Å². The number of aromatic hydroxyl groups is 1. The number of phenols is 1. The summed E-state index contributed by atoms with van der Waals surface area (Å²) in [6.07, 6.45) is 0.775. The van der Waals surface area contributed by atoms with Crippen LogP contribution in [-0.2, 0) is 14.4 Å². The third-order valence-corrected chi connectivity index (χ3v) is 4.63. The molecular weight excluding hydrogens is 400 g/mol. The monoisotopic (exact) mass is 428 g/mol. The first-order valence-corrected chi connectivity index (χ1v) is 10.2. The Hall–Kier alpha value is -3.62. The maximum atomic E-state index is 12.7. The number of phenolic OH excluding ortho intramolecular Hbond substituents is 1. The maximum Gasteiger partial charge on any atom is 0.255 e. The number of amides is 4. The van der Waals surface area contributed by atoms with Gasteiger partial charge in [0.1, 0.15) is 11.8 Å². The van der Waals surface area contributed by atoms with Gasteiger partial charge in [0.25, 0.3) is 5.91 Å². The van der Waals surface area contributed by atoms with Crippen molar-refractivity contribution in [3.05, 3.63) is 42.0 Å². The summed E-state index contributed by atoms with van der Waals surface area (Å²) in [6, 6.07) is 9.17. The Balaban J connectivity index is 2.06. The third-order valence-electron chi connectivity index (χ3n) is 4.63. The second-order valence-corrected chi connectivity index (χ2v) is 7.14. The van der Waals surface area contributed by atoms with Crippen LogP contribution in [0.4, 0.5) is 0 Å². The highest BCUT2D eigenvalue weighted by molar-refractivity contribution is 6.03. The van der Waals surface area contributed by atoms with Crippen molar-refractivity contribution in [2.75, 3.05) is 13.1 Å². The fourth-order valence-electron chi connectivity index (χ4n) is 2.98. The fourth-order valence-corrected chi connectivity index (χ4v) is 2.98. The number of hydrogen-bond donors (Lipinski definition) is 5. The van der Waals surface area contributed by atoms with Crippen LogP contribution < -0.4 is 21.7 Å². The van der Waals surface area contributed by atoms with Gasteiger partial charge in [0.05, 0.1) is 5.56 Å². The summed E-state index contributed by atoms with van der Waals surface area (Å²) < 4.78 is 0. The molecule has 31 heavy (non-hydrogen) atoms. The molecule has 0 aliphatic rings. The summed E-state index contributed by atoms with van der Waals surface area (Å²) in [4.78, 5) is 48.1. The predicted molar refractivity (Wildman–Crippen MR) is 116 cm³/mol. The quantitative estimate of drug-likeness (QED) is 0.361. The van der Waals surface area contributed by atoms with E-state index in [1.165, 1.54) is 12.1 Å². The lowest BCUT2D eigenvalue weighted by molar-refractivity contribution is -0.124. The van der Waals surface area contributed by atoms with Crippen LogP contribution in [0.2, 0.25) is 0 Å². The van der Waals surface area contributed by atoms with Crippen molar-refractivity contribution < 1.29 is 24.3 Å². The smallest absolute Gasteiger partial charge is 0.255 e. The first-order valence-electron chi connectivity index (χ1n) is 10.2. The molecule has 1 unspecified atom stereocenters. The molecule has 0 saturated heterocycles. The molecule has 1 atom stereocenters. The van der Waals surface area contributed by atoms with E-state index >= 15 is 0 Å². The lowest BCUT2D eigenvalue weighted by atomic mass is 10.0. The number of primary amides is 1. The van der Waals surface area contributed by atoms with Crippen LogP contribution in [0.3, 0.4) is 0 Å². The van der Waals surface area contributed by atoms with E-state index in [9.17, 15) is 24.3 Å². The SMILES string of the molecule is CCCNC(=O)CCNC(=O)C(CCC(N)=O)NC(=O)c1cc2ccccc2cc1O. The fraction of sp³-hybridized carbons (Fsp3) is 0.364. The summed E-state index contributed by atoms with van der Waals surface area (Å²) in [5.41, 5.74) is 5.19. The van der Waals surface area contributed by atoms with Crippen LogP contribution >= 0.6 is 0 Å². The Morgan fingerprint density at radius 2 is 1.68 bits per heavy atom. The topological polar surface area (TPSA) is 151 Å². The summed E-state index contributed by atoms with van der Waals surface area (Å²) in [7, 11) is 0. The van der Waals surface area contributed by atoms with Crippen LogP contribution in [0, 0.1) is 0 Å². The van der Waals surface area contributed by atoms with E-state index < -0.39 is 23.8 Å². The average molecular weight is 428 g/mol. The highest BCUT2D eigenvalue weighted by Crippen LogP contribution is 2.25. The Labute approximate surface area is 180 Å². The molecule has 0 aromatic heterocycles. The molecule has 9 nitrogen and oxygen atoms in total. The molecule has 2 aromatic carbocycles. The van der Waals surface area contributed by atoms with Gasteiger partial charge in [-0.05, 0) is 35.7 Å². The number of nitrogens with two attached hydrogens (primary N) is 1. The molecule has 0 saturated carbocycles. The number of rotatable bonds is 11. The third kappa shape index (κ3) is 7.29. The number of hydrogen-bond acceptors (Lipinski definition) is 5. The average Bonchev–Trinajstić information content (AvgIpc) is 2.74. The number of carbonyl (C=O) groups is 4. The van der Waals surface area contributed by atoms with Crippen molar-refractivity contribution in [2.45, 2.75) is 38.6 Å². The van der Waals surface area contributed by atoms with Crippen molar-refractivity contribution in [1.29, 1.82) is 0 Å². The van der Waals surface area contributed by atoms with Crippen molar-refractivity contribution in [3.63, 3.8) is 0 Å². The number of nitrogens with one attached hydrogen (secondary N) is 3. The molecule has 2 aromatic rings. The first kappa shape index (κ1) is 23.7. The predicted octanol–water partition coefficient (Wildman–Crippen LogP) is 0.942. The molecule has 9 heteroatoms. The molecule has 0 bridgehead atoms. The van der Waals surface area contributed by atoms with E-state index in [-0.39, 0.29) is 43.0 Å². The van der Waals surface area contributed by atoms with Gasteiger partial charge in [-0.3, -0.25) is 19.2 Å². The van der Waals surface area contributed by atoms with Gasteiger partial charge in [0.15, 0.2) is 0 Å². The van der Waals surface area contributed by atoms with Gasteiger partial charge in [-0.2, -0.15) is 0 Å². The lowest BCUT2D eigenvalue weighted by Gasteiger charge is -2.18. The molecule has 0 fully saturated rings. The molecule has 4 amide bonds. The zero-order valence-electron chi connectivity index (χ0n) is 17.4.